The molecule has 0 fully saturated rings. The van der Waals surface area contributed by atoms with Crippen LogP contribution in [0.1, 0.15) is 26.1 Å². The van der Waals surface area contributed by atoms with Crippen LogP contribution in [-0.4, -0.2) is 18.7 Å². The number of rotatable bonds is 4. The fourth-order valence-electron chi connectivity index (χ4n) is 2.23. The van der Waals surface area contributed by atoms with Crippen molar-refractivity contribution in [3.8, 4) is 0 Å². The summed E-state index contributed by atoms with van der Waals surface area (Å²) in [5, 5.41) is 0. The van der Waals surface area contributed by atoms with Crippen LogP contribution in [0.3, 0.4) is 0 Å². The van der Waals surface area contributed by atoms with Crippen molar-refractivity contribution in [2.45, 2.75) is 39.2 Å². The van der Waals surface area contributed by atoms with Crippen LogP contribution in [0.5, 0.6) is 0 Å². The van der Waals surface area contributed by atoms with Gasteiger partial charge in [-0.15, -0.1) is 11.6 Å². The molecule has 0 aliphatic heterocycles. The number of imidazole rings is 1. The summed E-state index contributed by atoms with van der Waals surface area (Å²) < 4.78 is 4.45. The molecule has 2 aromatic rings. The Balaban J connectivity index is 3.00. The molecule has 0 bridgehead atoms. The number of aryl methyl sites for hydroxylation is 2. The van der Waals surface area contributed by atoms with Crippen molar-refractivity contribution in [1.29, 1.82) is 0 Å². The van der Waals surface area contributed by atoms with Crippen molar-refractivity contribution in [2.75, 3.05) is 0 Å². The van der Waals surface area contributed by atoms with Crippen molar-refractivity contribution >= 4 is 22.8 Å². The molecule has 6 nitrogen and oxygen atoms in total. The van der Waals surface area contributed by atoms with Gasteiger partial charge < -0.3 is 4.57 Å². The number of halogens is 1. The zero-order chi connectivity index (χ0) is 14.2. The monoisotopic (exact) mass is 284 g/mol. The Kier molecular flexibility index (Phi) is 3.80. The SMILES string of the molecule is CCCn1c(=O)n(CC)c(=O)c2c1nc(CCl)n2C. The number of hydrogen-bond acceptors (Lipinski definition) is 3. The first kappa shape index (κ1) is 13.9. The van der Waals surface area contributed by atoms with Crippen LogP contribution in [0.15, 0.2) is 9.59 Å². The van der Waals surface area contributed by atoms with Crippen molar-refractivity contribution in [1.82, 2.24) is 18.7 Å². The quantitative estimate of drug-likeness (QED) is 0.789. The third-order valence-corrected chi connectivity index (χ3v) is 3.46. The summed E-state index contributed by atoms with van der Waals surface area (Å²) in [4.78, 5) is 28.9. The van der Waals surface area contributed by atoms with E-state index in [4.69, 9.17) is 11.6 Å². The molecule has 7 heteroatoms. The first-order valence-corrected chi connectivity index (χ1v) is 6.85. The van der Waals surface area contributed by atoms with Crippen molar-refractivity contribution in [3.05, 3.63) is 26.7 Å². The normalized spacial score (nSPS) is 11.4. The summed E-state index contributed by atoms with van der Waals surface area (Å²) in [5.74, 6) is 0.795. The highest BCUT2D eigenvalue weighted by Crippen LogP contribution is 2.11. The Labute approximate surface area is 115 Å². The fourth-order valence-corrected chi connectivity index (χ4v) is 2.47. The van der Waals surface area contributed by atoms with E-state index < -0.39 is 0 Å². The summed E-state index contributed by atoms with van der Waals surface area (Å²) in [6.07, 6.45) is 0.795. The fraction of sp³-hybridized carbons (Fsp3) is 0.583. The second kappa shape index (κ2) is 5.21. The molecule has 2 aromatic heterocycles. The number of aromatic nitrogens is 4. The lowest BCUT2D eigenvalue weighted by Gasteiger charge is -2.09. The summed E-state index contributed by atoms with van der Waals surface area (Å²) in [6.45, 7) is 4.64. The van der Waals surface area contributed by atoms with Gasteiger partial charge in [0.25, 0.3) is 5.56 Å². The smallest absolute Gasteiger partial charge is 0.324 e. The summed E-state index contributed by atoms with van der Waals surface area (Å²) in [7, 11) is 1.75. The molecule has 2 heterocycles. The first-order valence-electron chi connectivity index (χ1n) is 6.31. The van der Waals surface area contributed by atoms with E-state index in [-0.39, 0.29) is 17.1 Å². The third kappa shape index (κ3) is 2.00. The second-order valence-electron chi connectivity index (χ2n) is 4.38. The highest BCUT2D eigenvalue weighted by atomic mass is 35.5. The molecule has 0 spiro atoms. The van der Waals surface area contributed by atoms with Crippen LogP contribution < -0.4 is 11.2 Å². The zero-order valence-electron chi connectivity index (χ0n) is 11.3. The van der Waals surface area contributed by atoms with Crippen molar-refractivity contribution in [2.24, 2.45) is 7.05 Å². The van der Waals surface area contributed by atoms with E-state index in [1.54, 1.807) is 23.1 Å². The molecule has 0 atom stereocenters. The van der Waals surface area contributed by atoms with E-state index in [9.17, 15) is 9.59 Å². The van der Waals surface area contributed by atoms with E-state index in [1.807, 2.05) is 6.92 Å². The van der Waals surface area contributed by atoms with Gasteiger partial charge in [0.1, 0.15) is 5.82 Å². The Hall–Kier alpha value is -1.56. The number of alkyl halides is 1. The maximum Gasteiger partial charge on any atom is 0.332 e. The highest BCUT2D eigenvalue weighted by molar-refractivity contribution is 6.16. The maximum absolute atomic E-state index is 12.3. The Morgan fingerprint density at radius 3 is 2.42 bits per heavy atom. The lowest BCUT2D eigenvalue weighted by molar-refractivity contribution is 0.579. The van der Waals surface area contributed by atoms with Gasteiger partial charge in [0.2, 0.25) is 0 Å². The Morgan fingerprint density at radius 2 is 1.89 bits per heavy atom. The molecule has 0 saturated heterocycles. The average Bonchev–Trinajstić information content (AvgIpc) is 2.72. The van der Waals surface area contributed by atoms with Crippen LogP contribution in [0, 0.1) is 0 Å². The minimum absolute atomic E-state index is 0.205. The number of hydrogen-bond donors (Lipinski definition) is 0. The Morgan fingerprint density at radius 1 is 1.21 bits per heavy atom. The van der Waals surface area contributed by atoms with E-state index in [0.29, 0.717) is 30.1 Å². The molecule has 19 heavy (non-hydrogen) atoms. The summed E-state index contributed by atoms with van der Waals surface area (Å²) in [5.41, 5.74) is 0.257. The van der Waals surface area contributed by atoms with E-state index in [2.05, 4.69) is 4.98 Å². The first-order chi connectivity index (χ1) is 9.06. The largest absolute Gasteiger partial charge is 0.332 e. The number of nitrogens with zero attached hydrogens (tertiary/aromatic N) is 4. The molecular formula is C12H17ClN4O2. The van der Waals surface area contributed by atoms with Crippen LogP contribution in [-0.2, 0) is 26.0 Å². The van der Waals surface area contributed by atoms with Crippen LogP contribution >= 0.6 is 11.6 Å². The van der Waals surface area contributed by atoms with E-state index in [1.165, 1.54) is 4.57 Å². The summed E-state index contributed by atoms with van der Waals surface area (Å²) >= 11 is 5.82. The molecule has 2 rings (SSSR count). The third-order valence-electron chi connectivity index (χ3n) is 3.22. The topological polar surface area (TPSA) is 61.8 Å². The van der Waals surface area contributed by atoms with Gasteiger partial charge >= 0.3 is 5.69 Å². The minimum Gasteiger partial charge on any atom is -0.324 e. The molecule has 0 aliphatic carbocycles. The van der Waals surface area contributed by atoms with Crippen LogP contribution in [0.25, 0.3) is 11.2 Å². The van der Waals surface area contributed by atoms with Gasteiger partial charge in [-0.1, -0.05) is 6.92 Å². The van der Waals surface area contributed by atoms with Gasteiger partial charge in [0.15, 0.2) is 11.2 Å². The van der Waals surface area contributed by atoms with Crippen molar-refractivity contribution < 1.29 is 0 Å². The Bertz CT molecular complexity index is 726. The predicted molar refractivity (Wildman–Crippen MR) is 74.8 cm³/mol. The molecule has 0 radical (unpaired) electrons. The molecule has 0 unspecified atom stereocenters. The molecule has 0 N–H and O–H groups in total. The highest BCUT2D eigenvalue weighted by Gasteiger charge is 2.18. The van der Waals surface area contributed by atoms with Gasteiger partial charge in [-0.25, -0.2) is 9.78 Å². The standard InChI is InChI=1S/C12H17ClN4O2/c1-4-6-17-10-9(15(3)8(7-13)14-10)11(18)16(5-2)12(17)19/h4-7H2,1-3H3. The van der Waals surface area contributed by atoms with E-state index >= 15 is 0 Å². The van der Waals surface area contributed by atoms with Gasteiger partial charge in [0, 0.05) is 20.1 Å². The zero-order valence-corrected chi connectivity index (χ0v) is 12.1. The summed E-state index contributed by atoms with van der Waals surface area (Å²) in [6, 6.07) is 0. The minimum atomic E-state index is -0.305. The molecular weight excluding hydrogens is 268 g/mol. The average molecular weight is 285 g/mol. The second-order valence-corrected chi connectivity index (χ2v) is 4.64. The lowest BCUT2D eigenvalue weighted by Crippen LogP contribution is -2.40. The molecule has 0 saturated carbocycles. The maximum atomic E-state index is 12.3. The molecule has 104 valence electrons. The predicted octanol–water partition coefficient (Wildman–Crippen LogP) is 1.07. The van der Waals surface area contributed by atoms with Gasteiger partial charge in [-0.05, 0) is 13.3 Å². The lowest BCUT2D eigenvalue weighted by atomic mass is 10.4. The molecule has 0 aromatic carbocycles. The molecule has 0 amide bonds. The van der Waals surface area contributed by atoms with Gasteiger partial charge in [0.05, 0.1) is 5.88 Å². The molecule has 0 aliphatic rings. The van der Waals surface area contributed by atoms with Gasteiger partial charge in [-0.3, -0.25) is 13.9 Å². The van der Waals surface area contributed by atoms with E-state index in [0.717, 1.165) is 6.42 Å². The van der Waals surface area contributed by atoms with Crippen LogP contribution in [0.2, 0.25) is 0 Å². The van der Waals surface area contributed by atoms with Crippen LogP contribution in [0.4, 0.5) is 0 Å². The van der Waals surface area contributed by atoms with Gasteiger partial charge in [-0.2, -0.15) is 0 Å². The van der Waals surface area contributed by atoms with Crippen molar-refractivity contribution in [3.63, 3.8) is 0 Å². The number of fused-ring (bicyclic) bond motifs is 1.